The normalized spacial score (nSPS) is 21.7. The summed E-state index contributed by atoms with van der Waals surface area (Å²) in [5.74, 6) is 0.0650. The quantitative estimate of drug-likeness (QED) is 0.181. The number of hydrogen-bond donors (Lipinski definition) is 0. The summed E-state index contributed by atoms with van der Waals surface area (Å²) in [6.45, 7) is 9.53. The van der Waals surface area contributed by atoms with Crippen molar-refractivity contribution in [2.24, 2.45) is 23.7 Å². The van der Waals surface area contributed by atoms with Gasteiger partial charge in [-0.1, -0.05) is 17.7 Å². The summed E-state index contributed by atoms with van der Waals surface area (Å²) >= 11 is 0. The molecule has 0 aliphatic heterocycles. The second kappa shape index (κ2) is 11.0. The lowest BCUT2D eigenvalue weighted by molar-refractivity contribution is -0.156. The van der Waals surface area contributed by atoms with Crippen molar-refractivity contribution < 1.29 is 31.1 Å². The smallest absolute Gasteiger partial charge is 0.417 e. The van der Waals surface area contributed by atoms with Crippen LogP contribution in [0.3, 0.4) is 0 Å². The zero-order valence-electron chi connectivity index (χ0n) is 23.9. The zero-order valence-corrected chi connectivity index (χ0v) is 24.7. The van der Waals surface area contributed by atoms with E-state index in [0.29, 0.717) is 18.4 Å². The highest BCUT2D eigenvalue weighted by molar-refractivity contribution is 7.90. The minimum atomic E-state index is -4.75. The van der Waals surface area contributed by atoms with Crippen LogP contribution in [-0.2, 0) is 32.2 Å². The Bertz CT molecular complexity index is 1910. The number of alkyl halides is 3. The van der Waals surface area contributed by atoms with Crippen molar-refractivity contribution in [1.82, 2.24) is 18.9 Å². The van der Waals surface area contributed by atoms with E-state index in [-0.39, 0.29) is 62.5 Å². The Labute approximate surface area is 252 Å². The molecule has 44 heavy (non-hydrogen) atoms. The number of aryl methyl sites for hydroxylation is 1. The Balaban J connectivity index is 1.51. The minimum Gasteiger partial charge on any atom is -0.469 e. The molecule has 3 aromatic heterocycles. The van der Waals surface area contributed by atoms with Crippen LogP contribution in [0.1, 0.15) is 42.6 Å². The van der Waals surface area contributed by atoms with Crippen molar-refractivity contribution in [3.8, 4) is 11.3 Å². The predicted molar refractivity (Wildman–Crippen MR) is 154 cm³/mol. The molecule has 9 nitrogen and oxygen atoms in total. The summed E-state index contributed by atoms with van der Waals surface area (Å²) in [6, 6.07) is 6.86. The lowest BCUT2D eigenvalue weighted by atomic mass is 9.57. The molecule has 0 amide bonds. The van der Waals surface area contributed by atoms with Gasteiger partial charge >= 0.3 is 12.1 Å². The summed E-state index contributed by atoms with van der Waals surface area (Å²) < 4.78 is 74.8. The Kier molecular flexibility index (Phi) is 7.44. The van der Waals surface area contributed by atoms with E-state index in [2.05, 4.69) is 19.8 Å². The topological polar surface area (TPSA) is 108 Å². The van der Waals surface area contributed by atoms with E-state index in [0.717, 1.165) is 47.5 Å². The zero-order chi connectivity index (χ0) is 31.4. The third-order valence-electron chi connectivity index (χ3n) is 8.99. The van der Waals surface area contributed by atoms with Crippen LogP contribution < -0.4 is 0 Å². The highest BCUT2D eigenvalue weighted by Crippen LogP contribution is 2.50. The molecule has 0 spiro atoms. The summed E-state index contributed by atoms with van der Waals surface area (Å²) in [5.41, 5.74) is -0.559. The number of ether oxygens (including phenoxy) is 1. The fraction of sp³-hybridized carbons (Fsp3) is 0.387. The second-order valence-electron chi connectivity index (χ2n) is 11.5. The van der Waals surface area contributed by atoms with Crippen LogP contribution in [0.4, 0.5) is 18.9 Å². The maximum atomic E-state index is 13.8. The van der Waals surface area contributed by atoms with Crippen LogP contribution in [0.25, 0.3) is 27.1 Å². The van der Waals surface area contributed by atoms with Crippen molar-refractivity contribution in [3.63, 3.8) is 0 Å². The third kappa shape index (κ3) is 5.11. The Morgan fingerprint density at radius 1 is 1.09 bits per heavy atom. The molecule has 7 rings (SSSR count). The summed E-state index contributed by atoms with van der Waals surface area (Å²) in [7, 11) is -2.93. The maximum Gasteiger partial charge on any atom is 0.417 e. The molecule has 3 fully saturated rings. The first-order chi connectivity index (χ1) is 20.9. The van der Waals surface area contributed by atoms with Crippen LogP contribution >= 0.6 is 0 Å². The lowest BCUT2D eigenvalue weighted by Crippen LogP contribution is -2.45. The molecule has 0 unspecified atom stereocenters. The molecule has 1 aromatic carbocycles. The fourth-order valence-corrected chi connectivity index (χ4v) is 8.13. The highest BCUT2D eigenvalue weighted by atomic mass is 32.2. The molecular weight excluding hydrogens is 595 g/mol. The molecule has 2 atom stereocenters. The van der Waals surface area contributed by atoms with Gasteiger partial charge in [0.15, 0.2) is 5.65 Å². The van der Waals surface area contributed by atoms with Gasteiger partial charge in [-0.05, 0) is 68.6 Å². The molecule has 0 N–H and O–H groups in total. The summed E-state index contributed by atoms with van der Waals surface area (Å²) in [5, 5.41) is -0.130. The van der Waals surface area contributed by atoms with E-state index in [4.69, 9.17) is 11.3 Å². The number of pyridine rings is 1. The molecule has 3 saturated carbocycles. The molecule has 3 aliphatic carbocycles. The first kappa shape index (κ1) is 29.7. The predicted octanol–water partition coefficient (Wildman–Crippen LogP) is 6.38. The Morgan fingerprint density at radius 3 is 2.41 bits per heavy atom. The monoisotopic (exact) mass is 623 g/mol. The van der Waals surface area contributed by atoms with E-state index in [1.807, 2.05) is 0 Å². The molecule has 4 aromatic rings. The molecule has 228 valence electrons. The number of benzene rings is 1. The van der Waals surface area contributed by atoms with Crippen molar-refractivity contribution in [2.45, 2.75) is 50.1 Å². The van der Waals surface area contributed by atoms with Gasteiger partial charge in [0.25, 0.3) is 10.0 Å². The van der Waals surface area contributed by atoms with Gasteiger partial charge in [-0.15, -0.1) is 0 Å². The van der Waals surface area contributed by atoms with Gasteiger partial charge in [-0.2, -0.15) is 13.2 Å². The van der Waals surface area contributed by atoms with Crippen LogP contribution in [0.2, 0.25) is 0 Å². The molecule has 0 saturated heterocycles. The van der Waals surface area contributed by atoms with Crippen LogP contribution in [-0.4, -0.2) is 40.4 Å². The molecule has 3 aliphatic rings. The maximum absolute atomic E-state index is 13.8. The van der Waals surface area contributed by atoms with Gasteiger partial charge in [-0.25, -0.2) is 27.2 Å². The lowest BCUT2D eigenvalue weighted by Gasteiger charge is -2.47. The molecular formula is C31H28F3N5O4S. The average Bonchev–Trinajstić information content (AvgIpc) is 3.41. The fourth-order valence-electron chi connectivity index (χ4n) is 6.80. The van der Waals surface area contributed by atoms with E-state index >= 15 is 0 Å². The Morgan fingerprint density at radius 2 is 1.77 bits per heavy atom. The van der Waals surface area contributed by atoms with E-state index < -0.39 is 21.8 Å². The third-order valence-corrected chi connectivity index (χ3v) is 10.7. The van der Waals surface area contributed by atoms with Gasteiger partial charge in [-0.3, -0.25) is 9.78 Å². The van der Waals surface area contributed by atoms with Crippen LogP contribution in [0.15, 0.2) is 53.8 Å². The van der Waals surface area contributed by atoms with Gasteiger partial charge in [0.1, 0.15) is 5.82 Å². The summed E-state index contributed by atoms with van der Waals surface area (Å²) in [6.07, 6.45) is 2.39. The number of methoxy groups -OCH3 is 1. The molecule has 0 radical (unpaired) electrons. The number of halogens is 3. The van der Waals surface area contributed by atoms with Gasteiger partial charge < -0.3 is 4.74 Å². The SMILES string of the molecule is [C-]#[N+]c1cnc(C[C@H]2C3CCC(CC3)[C@@H]2C(=O)OC)nc1-c1cn(S(=O)(=O)c2ccc(C)cc2)c2ncc(C(F)(F)F)cc12. The van der Waals surface area contributed by atoms with Crippen LogP contribution in [0, 0.1) is 37.2 Å². The number of esters is 1. The van der Waals surface area contributed by atoms with Crippen molar-refractivity contribution in [2.75, 3.05) is 7.11 Å². The summed E-state index contributed by atoms with van der Waals surface area (Å²) in [4.78, 5) is 29.1. The molecule has 3 heterocycles. The second-order valence-corrected chi connectivity index (χ2v) is 13.3. The number of nitrogens with zero attached hydrogens (tertiary/aromatic N) is 5. The highest BCUT2D eigenvalue weighted by Gasteiger charge is 2.47. The van der Waals surface area contributed by atoms with Crippen molar-refractivity contribution in [3.05, 3.63) is 77.3 Å². The standard InChI is InChI=1S/C31H28F3N5O4S/c1-17-4-10-21(11-5-17)44(41,42)39-16-24(23-12-20(31(32,33)34)14-37-29(23)39)28-25(35-2)15-36-26(38-28)13-22-18-6-8-19(9-7-18)27(22)30(40)43-3/h4-5,10-12,14-16,18-19,22,27H,6-9,13H2,1,3H3/t18?,19?,22-,27-/m0/s1. The van der Waals surface area contributed by atoms with E-state index in [1.165, 1.54) is 25.4 Å². The molecule has 13 heteroatoms. The minimum absolute atomic E-state index is 0.00128. The Hall–Kier alpha value is -4.31. The number of hydrogen-bond acceptors (Lipinski definition) is 7. The van der Waals surface area contributed by atoms with Crippen molar-refractivity contribution >= 4 is 32.7 Å². The first-order valence-corrected chi connectivity index (χ1v) is 15.6. The van der Waals surface area contributed by atoms with E-state index in [9.17, 15) is 26.4 Å². The number of aromatic nitrogens is 4. The van der Waals surface area contributed by atoms with Gasteiger partial charge in [0.2, 0.25) is 5.69 Å². The first-order valence-electron chi connectivity index (χ1n) is 14.1. The van der Waals surface area contributed by atoms with Crippen LogP contribution in [0.5, 0.6) is 0 Å². The number of carbonyl (C=O) groups is 1. The average molecular weight is 624 g/mol. The number of carbonyl (C=O) groups excluding carboxylic acids is 1. The largest absolute Gasteiger partial charge is 0.469 e. The number of rotatable bonds is 6. The van der Waals surface area contributed by atoms with Gasteiger partial charge in [0, 0.05) is 36.0 Å². The van der Waals surface area contributed by atoms with Gasteiger partial charge in [0.05, 0.1) is 35.8 Å². The number of fused-ring (bicyclic) bond motifs is 4. The molecule has 2 bridgehead atoms. The van der Waals surface area contributed by atoms with E-state index in [1.54, 1.807) is 19.1 Å². The van der Waals surface area contributed by atoms with Crippen molar-refractivity contribution in [1.29, 1.82) is 0 Å².